The Bertz CT molecular complexity index is 423. The minimum absolute atomic E-state index is 0.0798. The Balaban J connectivity index is 2.72. The van der Waals surface area contributed by atoms with Crippen LogP contribution in [-0.2, 0) is 12.3 Å². The van der Waals surface area contributed by atoms with Crippen molar-refractivity contribution in [1.29, 1.82) is 0 Å². The summed E-state index contributed by atoms with van der Waals surface area (Å²) >= 11 is 0. The molecule has 0 saturated carbocycles. The molecule has 0 N–H and O–H groups in total. The second-order valence-electron chi connectivity index (χ2n) is 4.08. The molecule has 1 atom stereocenters. The fourth-order valence-corrected chi connectivity index (χ4v) is 2.05. The smallest absolute Gasteiger partial charge is 0.203 e. The van der Waals surface area contributed by atoms with Crippen LogP contribution in [0.1, 0.15) is 23.6 Å². The molecule has 15 heavy (non-hydrogen) atoms. The Morgan fingerprint density at radius 3 is 2.47 bits per heavy atom. The van der Waals surface area contributed by atoms with E-state index in [0.717, 1.165) is 0 Å². The van der Waals surface area contributed by atoms with Gasteiger partial charge in [-0.25, -0.2) is 17.6 Å². The van der Waals surface area contributed by atoms with Gasteiger partial charge in [0.2, 0.25) is 0 Å². The Morgan fingerprint density at radius 1 is 1.27 bits per heavy atom. The van der Waals surface area contributed by atoms with E-state index in [4.69, 9.17) is 0 Å². The first-order valence-electron chi connectivity index (χ1n) is 4.71. The second kappa shape index (κ2) is 2.97. The quantitative estimate of drug-likeness (QED) is 0.584. The van der Waals surface area contributed by atoms with Crippen molar-refractivity contribution < 1.29 is 17.6 Å². The summed E-state index contributed by atoms with van der Waals surface area (Å²) in [6, 6.07) is 1.31. The summed E-state index contributed by atoms with van der Waals surface area (Å²) in [5.74, 6) is -6.78. The van der Waals surface area contributed by atoms with Gasteiger partial charge in [0, 0.05) is 5.92 Å². The van der Waals surface area contributed by atoms with Crippen LogP contribution in [0.4, 0.5) is 17.6 Å². The van der Waals surface area contributed by atoms with Crippen molar-refractivity contribution in [3.05, 3.63) is 34.4 Å². The lowest BCUT2D eigenvalue weighted by atomic mass is 10.0. The first-order valence-corrected chi connectivity index (χ1v) is 4.71. The van der Waals surface area contributed by atoms with Gasteiger partial charge in [0.05, 0.1) is 5.56 Å². The summed E-state index contributed by atoms with van der Waals surface area (Å²) in [4.78, 5) is 0. The number of fused-ring (bicyclic) bond motifs is 1. The molecule has 0 nitrogen and oxygen atoms in total. The van der Waals surface area contributed by atoms with Crippen LogP contribution in [0.3, 0.4) is 0 Å². The average molecular weight is 218 g/mol. The molecule has 0 heterocycles. The molecule has 1 aliphatic carbocycles. The molecule has 0 unspecified atom stereocenters. The minimum Gasteiger partial charge on any atom is -0.203 e. The molecule has 0 amide bonds. The molecule has 1 aromatic carbocycles. The van der Waals surface area contributed by atoms with Gasteiger partial charge in [-0.3, -0.25) is 0 Å². The largest absolute Gasteiger partial charge is 0.279 e. The molecule has 0 bridgehead atoms. The van der Waals surface area contributed by atoms with E-state index in [-0.39, 0.29) is 17.5 Å². The van der Waals surface area contributed by atoms with E-state index in [1.807, 2.05) is 0 Å². The Kier molecular flexibility index (Phi) is 2.07. The van der Waals surface area contributed by atoms with Gasteiger partial charge in [-0.2, -0.15) is 0 Å². The summed E-state index contributed by atoms with van der Waals surface area (Å²) in [6.07, 6.45) is 0.0976. The first kappa shape index (κ1) is 10.5. The summed E-state index contributed by atoms with van der Waals surface area (Å²) in [5.41, 5.74) is -0.446. The fourth-order valence-electron chi connectivity index (χ4n) is 2.05. The molecule has 4 heteroatoms. The van der Waals surface area contributed by atoms with Crippen molar-refractivity contribution in [1.82, 2.24) is 0 Å². The van der Waals surface area contributed by atoms with Crippen molar-refractivity contribution in [2.45, 2.75) is 26.2 Å². The van der Waals surface area contributed by atoms with E-state index in [0.29, 0.717) is 0 Å². The van der Waals surface area contributed by atoms with Gasteiger partial charge < -0.3 is 0 Å². The molecule has 0 aromatic heterocycles. The number of rotatable bonds is 0. The van der Waals surface area contributed by atoms with Crippen LogP contribution in [-0.4, -0.2) is 0 Å². The Morgan fingerprint density at radius 2 is 1.87 bits per heavy atom. The topological polar surface area (TPSA) is 0 Å². The zero-order valence-corrected chi connectivity index (χ0v) is 8.37. The van der Waals surface area contributed by atoms with Gasteiger partial charge in [0.1, 0.15) is 0 Å². The normalized spacial score (nSPS) is 22.9. The highest BCUT2D eigenvalue weighted by Crippen LogP contribution is 2.47. The molecule has 0 saturated heterocycles. The number of benzene rings is 1. The number of halogens is 4. The third kappa shape index (κ3) is 1.27. The maximum atomic E-state index is 13.5. The Hall–Kier alpha value is -1.06. The van der Waals surface area contributed by atoms with E-state index in [1.165, 1.54) is 19.9 Å². The van der Waals surface area contributed by atoms with Crippen LogP contribution >= 0.6 is 0 Å². The second-order valence-corrected chi connectivity index (χ2v) is 4.08. The van der Waals surface area contributed by atoms with Gasteiger partial charge in [-0.05, 0) is 24.5 Å². The molecule has 0 fully saturated rings. The maximum Gasteiger partial charge on any atom is 0.279 e. The fraction of sp³-hybridized carbons (Fsp3) is 0.455. The van der Waals surface area contributed by atoms with E-state index >= 15 is 0 Å². The van der Waals surface area contributed by atoms with Crippen LogP contribution in [0.15, 0.2) is 6.07 Å². The highest BCUT2D eigenvalue weighted by atomic mass is 19.3. The first-order chi connectivity index (χ1) is 6.85. The molecule has 0 aliphatic heterocycles. The summed E-state index contributed by atoms with van der Waals surface area (Å²) in [6.45, 7) is 2.71. The molecule has 1 aromatic rings. The third-order valence-electron chi connectivity index (χ3n) is 2.95. The van der Waals surface area contributed by atoms with E-state index < -0.39 is 29.0 Å². The van der Waals surface area contributed by atoms with Crippen molar-refractivity contribution in [2.75, 3.05) is 0 Å². The summed E-state index contributed by atoms with van der Waals surface area (Å²) in [5, 5.41) is 0. The third-order valence-corrected chi connectivity index (χ3v) is 2.95. The lowest BCUT2D eigenvalue weighted by molar-refractivity contribution is -0.0481. The highest BCUT2D eigenvalue weighted by Gasteiger charge is 2.48. The summed E-state index contributed by atoms with van der Waals surface area (Å²) < 4.78 is 53.5. The van der Waals surface area contributed by atoms with Crippen LogP contribution in [0, 0.1) is 24.5 Å². The van der Waals surface area contributed by atoms with Crippen molar-refractivity contribution >= 4 is 0 Å². The molecular formula is C11H10F4. The van der Waals surface area contributed by atoms with Crippen molar-refractivity contribution in [3.8, 4) is 0 Å². The average Bonchev–Trinajstić information content (AvgIpc) is 2.34. The van der Waals surface area contributed by atoms with Gasteiger partial charge in [0.25, 0.3) is 5.92 Å². The lowest BCUT2D eigenvalue weighted by Gasteiger charge is -2.16. The van der Waals surface area contributed by atoms with Gasteiger partial charge >= 0.3 is 0 Å². The lowest BCUT2D eigenvalue weighted by Crippen LogP contribution is -2.19. The van der Waals surface area contributed by atoms with E-state index in [2.05, 4.69) is 0 Å². The molecule has 1 aliphatic rings. The summed E-state index contributed by atoms with van der Waals surface area (Å²) in [7, 11) is 0. The maximum absolute atomic E-state index is 13.5. The van der Waals surface area contributed by atoms with Crippen LogP contribution < -0.4 is 0 Å². The standard InChI is InChI=1S/C11H10F4/c1-5-3-7-4-6(2)11(14,15)8(7)10(13)9(5)12/h3,6H,4H2,1-2H3/t6-/m0/s1. The SMILES string of the molecule is Cc1cc2c(c(F)c1F)C(F)(F)[C@@H](C)C2. The molecule has 82 valence electrons. The molecule has 0 radical (unpaired) electrons. The zero-order valence-electron chi connectivity index (χ0n) is 8.37. The number of alkyl halides is 2. The molecular weight excluding hydrogens is 208 g/mol. The predicted molar refractivity (Wildman–Crippen MR) is 47.9 cm³/mol. The van der Waals surface area contributed by atoms with Crippen molar-refractivity contribution in [2.24, 2.45) is 5.92 Å². The van der Waals surface area contributed by atoms with Crippen molar-refractivity contribution in [3.63, 3.8) is 0 Å². The van der Waals surface area contributed by atoms with E-state index in [1.54, 1.807) is 0 Å². The number of hydrogen-bond donors (Lipinski definition) is 0. The monoisotopic (exact) mass is 218 g/mol. The predicted octanol–water partition coefficient (Wildman–Crippen LogP) is 3.56. The number of aryl methyl sites for hydroxylation is 1. The van der Waals surface area contributed by atoms with E-state index in [9.17, 15) is 17.6 Å². The Labute approximate surface area is 84.9 Å². The zero-order chi connectivity index (χ0) is 11.4. The van der Waals surface area contributed by atoms with Crippen LogP contribution in [0.25, 0.3) is 0 Å². The van der Waals surface area contributed by atoms with Gasteiger partial charge in [-0.1, -0.05) is 13.0 Å². The molecule has 0 spiro atoms. The minimum atomic E-state index is -3.26. The van der Waals surface area contributed by atoms with Gasteiger partial charge in [-0.15, -0.1) is 0 Å². The highest BCUT2D eigenvalue weighted by molar-refractivity contribution is 5.41. The van der Waals surface area contributed by atoms with Crippen LogP contribution in [0.2, 0.25) is 0 Å². The van der Waals surface area contributed by atoms with Crippen LogP contribution in [0.5, 0.6) is 0 Å². The van der Waals surface area contributed by atoms with Gasteiger partial charge in [0.15, 0.2) is 11.6 Å². The number of hydrogen-bond acceptors (Lipinski definition) is 0. The molecule has 2 rings (SSSR count).